The Morgan fingerprint density at radius 1 is 1.11 bits per heavy atom. The van der Waals surface area contributed by atoms with Gasteiger partial charge in [0.15, 0.2) is 10.9 Å². The van der Waals surface area contributed by atoms with Gasteiger partial charge in [-0.2, -0.15) is 0 Å². The van der Waals surface area contributed by atoms with Crippen LogP contribution in [0.3, 0.4) is 0 Å². The van der Waals surface area contributed by atoms with Crippen molar-refractivity contribution >= 4 is 35.0 Å². The average Bonchev–Trinajstić information content (AvgIpc) is 3.15. The van der Waals surface area contributed by atoms with Crippen molar-refractivity contribution in [2.45, 2.75) is 26.5 Å². The summed E-state index contributed by atoms with van der Waals surface area (Å²) in [6.45, 7) is 3.75. The van der Waals surface area contributed by atoms with E-state index in [0.717, 1.165) is 16.7 Å². The summed E-state index contributed by atoms with van der Waals surface area (Å²) in [5.41, 5.74) is 3.39. The highest BCUT2D eigenvalue weighted by molar-refractivity contribution is 7.80. The van der Waals surface area contributed by atoms with Crippen molar-refractivity contribution in [3.63, 3.8) is 0 Å². The summed E-state index contributed by atoms with van der Waals surface area (Å²) < 4.78 is 11.2. The number of benzene rings is 3. The highest BCUT2D eigenvalue weighted by atomic mass is 32.1. The minimum absolute atomic E-state index is 0.0427. The number of hydrogen-bond acceptors (Lipinski definition) is 6. The Morgan fingerprint density at radius 3 is 2.53 bits per heavy atom. The predicted octanol–water partition coefficient (Wildman–Crippen LogP) is 5.31. The van der Waals surface area contributed by atoms with E-state index in [9.17, 15) is 14.9 Å². The van der Waals surface area contributed by atoms with Crippen molar-refractivity contribution in [1.82, 2.24) is 10.2 Å². The van der Waals surface area contributed by atoms with Crippen LogP contribution in [-0.4, -0.2) is 28.0 Å². The summed E-state index contributed by atoms with van der Waals surface area (Å²) in [4.78, 5) is 25.7. The van der Waals surface area contributed by atoms with Crippen LogP contribution in [0.2, 0.25) is 0 Å². The number of rotatable bonds is 8. The van der Waals surface area contributed by atoms with Crippen LogP contribution in [0.1, 0.15) is 35.2 Å². The number of aryl methyl sites for hydroxylation is 1. The molecule has 0 radical (unpaired) electrons. The normalized spacial score (nSPS) is 15.1. The summed E-state index contributed by atoms with van der Waals surface area (Å²) in [5.74, 6) is 0.507. The van der Waals surface area contributed by atoms with Gasteiger partial charge >= 0.3 is 5.69 Å². The fourth-order valence-corrected chi connectivity index (χ4v) is 4.35. The average molecular weight is 504 g/mol. The van der Waals surface area contributed by atoms with E-state index < -0.39 is 4.92 Å². The Hall–Kier alpha value is -4.24. The first-order chi connectivity index (χ1) is 17.3. The fraction of sp³-hybridized carbons (Fsp3) is 0.185. The second-order valence-electron chi connectivity index (χ2n) is 8.34. The molecule has 0 aromatic heterocycles. The van der Waals surface area contributed by atoms with E-state index in [2.05, 4.69) is 5.32 Å². The zero-order chi connectivity index (χ0) is 25.8. The Labute approximate surface area is 214 Å². The molecule has 1 unspecified atom stereocenters. The van der Waals surface area contributed by atoms with Gasteiger partial charge in [0, 0.05) is 11.6 Å². The van der Waals surface area contributed by atoms with Crippen LogP contribution in [0.25, 0.3) is 6.08 Å². The number of hydrogen-bond donors (Lipinski definition) is 1. The first kappa shape index (κ1) is 24.9. The van der Waals surface area contributed by atoms with E-state index in [1.165, 1.54) is 13.2 Å². The molecule has 3 aromatic carbocycles. The third-order valence-corrected chi connectivity index (χ3v) is 6.19. The third kappa shape index (κ3) is 5.21. The van der Waals surface area contributed by atoms with Crippen LogP contribution in [0.15, 0.2) is 72.4 Å². The predicted molar refractivity (Wildman–Crippen MR) is 141 cm³/mol. The van der Waals surface area contributed by atoms with E-state index in [4.69, 9.17) is 21.7 Å². The zero-order valence-corrected chi connectivity index (χ0v) is 20.9. The van der Waals surface area contributed by atoms with Gasteiger partial charge in [0.2, 0.25) is 0 Å². The van der Waals surface area contributed by atoms with E-state index in [-0.39, 0.29) is 30.0 Å². The Balaban J connectivity index is 1.57. The van der Waals surface area contributed by atoms with Gasteiger partial charge in [-0.1, -0.05) is 42.5 Å². The Kier molecular flexibility index (Phi) is 7.30. The van der Waals surface area contributed by atoms with Gasteiger partial charge in [0.05, 0.1) is 18.1 Å². The lowest BCUT2D eigenvalue weighted by molar-refractivity contribution is -0.386. The smallest absolute Gasteiger partial charge is 0.311 e. The molecule has 184 valence electrons. The molecule has 4 rings (SSSR count). The van der Waals surface area contributed by atoms with Gasteiger partial charge in [0.1, 0.15) is 18.1 Å². The standard InChI is InChI=1S/C27H25N3O5S/c1-17-9-11-25(23(13-17)30(32)33)35-16-21-14-19(10-12-24(21)34-3)15-22-26(31)29(27(36)28-22)18(2)20-7-5-4-6-8-20/h4-15,18H,16H2,1-3H3,(H,28,36)/b22-15-. The van der Waals surface area contributed by atoms with E-state index in [1.54, 1.807) is 36.1 Å². The number of methoxy groups -OCH3 is 1. The second-order valence-corrected chi connectivity index (χ2v) is 8.72. The van der Waals surface area contributed by atoms with E-state index in [1.807, 2.05) is 49.4 Å². The molecule has 1 atom stereocenters. The van der Waals surface area contributed by atoms with Gasteiger partial charge in [-0.15, -0.1) is 0 Å². The topological polar surface area (TPSA) is 93.9 Å². The summed E-state index contributed by atoms with van der Waals surface area (Å²) in [6, 6.07) is 19.6. The molecule has 0 spiro atoms. The summed E-state index contributed by atoms with van der Waals surface area (Å²) >= 11 is 5.45. The molecule has 1 saturated heterocycles. The molecule has 9 heteroatoms. The minimum atomic E-state index is -0.469. The van der Waals surface area contributed by atoms with E-state index >= 15 is 0 Å². The van der Waals surface area contributed by atoms with Crippen LogP contribution in [0.5, 0.6) is 11.5 Å². The zero-order valence-electron chi connectivity index (χ0n) is 20.1. The number of nitro benzene ring substituents is 1. The SMILES string of the molecule is COc1ccc(/C=C2\NC(=S)N(C(C)c3ccccc3)C2=O)cc1COc1ccc(C)cc1[N+](=O)[O-]. The molecule has 1 heterocycles. The lowest BCUT2D eigenvalue weighted by Crippen LogP contribution is -2.33. The van der Waals surface area contributed by atoms with Crippen molar-refractivity contribution in [3.8, 4) is 11.5 Å². The van der Waals surface area contributed by atoms with Crippen LogP contribution in [0.4, 0.5) is 5.69 Å². The van der Waals surface area contributed by atoms with E-state index in [0.29, 0.717) is 22.1 Å². The minimum Gasteiger partial charge on any atom is -0.496 e. The molecule has 0 saturated carbocycles. The van der Waals surface area contributed by atoms with Crippen LogP contribution < -0.4 is 14.8 Å². The maximum atomic E-state index is 13.2. The maximum absolute atomic E-state index is 13.2. The van der Waals surface area contributed by atoms with Crippen molar-refractivity contribution in [2.24, 2.45) is 0 Å². The number of amides is 1. The first-order valence-corrected chi connectivity index (χ1v) is 11.6. The van der Waals surface area contributed by atoms with Crippen molar-refractivity contribution in [1.29, 1.82) is 0 Å². The summed E-state index contributed by atoms with van der Waals surface area (Å²) in [5, 5.41) is 14.8. The van der Waals surface area contributed by atoms with Gasteiger partial charge in [-0.05, 0) is 67.0 Å². The number of nitrogens with one attached hydrogen (secondary N) is 1. The molecular weight excluding hydrogens is 478 g/mol. The summed E-state index contributed by atoms with van der Waals surface area (Å²) in [6.07, 6.45) is 1.71. The quantitative estimate of drug-likeness (QED) is 0.193. The monoisotopic (exact) mass is 503 g/mol. The molecule has 1 amide bonds. The Morgan fingerprint density at radius 2 is 1.83 bits per heavy atom. The van der Waals surface area contributed by atoms with Crippen molar-refractivity contribution in [2.75, 3.05) is 7.11 Å². The van der Waals surface area contributed by atoms with Crippen molar-refractivity contribution < 1.29 is 19.2 Å². The van der Waals surface area contributed by atoms with Gasteiger partial charge in [-0.25, -0.2) is 0 Å². The molecule has 0 aliphatic carbocycles. The van der Waals surface area contributed by atoms with Gasteiger partial charge in [0.25, 0.3) is 5.91 Å². The maximum Gasteiger partial charge on any atom is 0.311 e. The molecule has 1 aliphatic heterocycles. The molecule has 36 heavy (non-hydrogen) atoms. The second kappa shape index (κ2) is 10.6. The van der Waals surface area contributed by atoms with Gasteiger partial charge < -0.3 is 14.8 Å². The van der Waals surface area contributed by atoms with Crippen LogP contribution >= 0.6 is 12.2 Å². The van der Waals surface area contributed by atoms with Gasteiger partial charge in [-0.3, -0.25) is 19.8 Å². The van der Waals surface area contributed by atoms with Crippen molar-refractivity contribution in [3.05, 3.63) is 105 Å². The van der Waals surface area contributed by atoms with Crippen LogP contribution in [-0.2, 0) is 11.4 Å². The number of nitrogens with zero attached hydrogens (tertiary/aromatic N) is 2. The Bertz CT molecular complexity index is 1360. The molecule has 1 N–H and O–H groups in total. The first-order valence-electron chi connectivity index (χ1n) is 11.2. The number of nitro groups is 1. The lowest BCUT2D eigenvalue weighted by Gasteiger charge is -2.23. The largest absolute Gasteiger partial charge is 0.496 e. The number of thiocarbonyl (C=S) groups is 1. The lowest BCUT2D eigenvalue weighted by atomic mass is 10.1. The molecule has 0 bridgehead atoms. The number of carbonyl (C=O) groups excluding carboxylic acids is 1. The molecule has 1 fully saturated rings. The highest BCUT2D eigenvalue weighted by Crippen LogP contribution is 2.31. The number of carbonyl (C=O) groups is 1. The molecular formula is C27H25N3O5S. The molecule has 1 aliphatic rings. The van der Waals surface area contributed by atoms with Crippen LogP contribution in [0, 0.1) is 17.0 Å². The fourth-order valence-electron chi connectivity index (χ4n) is 4.00. The molecule has 3 aromatic rings. The highest BCUT2D eigenvalue weighted by Gasteiger charge is 2.34. The number of ether oxygens (including phenoxy) is 2. The third-order valence-electron chi connectivity index (χ3n) is 5.89. The molecule has 8 nitrogen and oxygen atoms in total. The summed E-state index contributed by atoms with van der Waals surface area (Å²) in [7, 11) is 1.54.